The lowest BCUT2D eigenvalue weighted by Gasteiger charge is -2.18. The highest BCUT2D eigenvalue weighted by molar-refractivity contribution is 5.90. The molecule has 0 amide bonds. The van der Waals surface area contributed by atoms with Crippen LogP contribution in [0.15, 0.2) is 12.1 Å². The molecule has 0 saturated heterocycles. The van der Waals surface area contributed by atoms with E-state index < -0.39 is 28.0 Å². The largest absolute Gasteiger partial charge is 0.478 e. The van der Waals surface area contributed by atoms with Crippen LogP contribution in [-0.2, 0) is 0 Å². The minimum absolute atomic E-state index is 0.0197. The number of carboxylic acid groups (broad SMARTS) is 1. The first-order valence-corrected chi connectivity index (χ1v) is 6.35. The molecule has 0 fully saturated rings. The van der Waals surface area contributed by atoms with E-state index in [1.54, 1.807) is 0 Å². The number of rotatable bonds is 7. The number of hydrogen-bond acceptors (Lipinski definition) is 5. The number of nitro benzene ring substituents is 1. The van der Waals surface area contributed by atoms with Crippen molar-refractivity contribution in [1.82, 2.24) is 4.90 Å². The third-order valence-corrected chi connectivity index (χ3v) is 2.92. The number of hydrogen-bond donors (Lipinski definition) is 2. The molecular formula is C13H18FN3O4. The van der Waals surface area contributed by atoms with Crippen LogP contribution in [0.3, 0.4) is 0 Å². The van der Waals surface area contributed by atoms with Gasteiger partial charge < -0.3 is 15.3 Å². The molecule has 21 heavy (non-hydrogen) atoms. The van der Waals surface area contributed by atoms with Crippen molar-refractivity contribution >= 4 is 17.3 Å². The van der Waals surface area contributed by atoms with Crippen LogP contribution >= 0.6 is 0 Å². The zero-order chi connectivity index (χ0) is 16.2. The Morgan fingerprint density at radius 2 is 2.14 bits per heavy atom. The van der Waals surface area contributed by atoms with E-state index >= 15 is 0 Å². The Kier molecular flexibility index (Phi) is 5.60. The molecule has 8 heteroatoms. The van der Waals surface area contributed by atoms with Crippen molar-refractivity contribution in [1.29, 1.82) is 0 Å². The van der Waals surface area contributed by atoms with Crippen molar-refractivity contribution in [3.63, 3.8) is 0 Å². The van der Waals surface area contributed by atoms with Gasteiger partial charge in [-0.2, -0.15) is 0 Å². The first-order valence-electron chi connectivity index (χ1n) is 6.35. The summed E-state index contributed by atoms with van der Waals surface area (Å²) >= 11 is 0. The molecule has 0 aliphatic carbocycles. The Balaban J connectivity index is 3.03. The van der Waals surface area contributed by atoms with Crippen molar-refractivity contribution in [2.75, 3.05) is 26.0 Å². The molecule has 7 nitrogen and oxygen atoms in total. The summed E-state index contributed by atoms with van der Waals surface area (Å²) in [6.45, 7) is 2.58. The van der Waals surface area contributed by atoms with Gasteiger partial charge in [-0.1, -0.05) is 0 Å². The van der Waals surface area contributed by atoms with E-state index in [0.29, 0.717) is 6.42 Å². The predicted molar refractivity (Wildman–Crippen MR) is 76.3 cm³/mol. The van der Waals surface area contributed by atoms with Gasteiger partial charge in [-0.25, -0.2) is 9.18 Å². The molecule has 0 spiro atoms. The van der Waals surface area contributed by atoms with E-state index in [0.717, 1.165) is 18.7 Å². The van der Waals surface area contributed by atoms with E-state index in [2.05, 4.69) is 5.32 Å². The molecular weight excluding hydrogens is 281 g/mol. The maximum absolute atomic E-state index is 13.7. The lowest BCUT2D eigenvalue weighted by atomic mass is 10.1. The maximum Gasteiger partial charge on any atom is 0.338 e. The van der Waals surface area contributed by atoms with Crippen molar-refractivity contribution in [3.8, 4) is 0 Å². The third-order valence-electron chi connectivity index (χ3n) is 2.92. The molecule has 1 rings (SSSR count). The minimum atomic E-state index is -1.54. The topological polar surface area (TPSA) is 95.7 Å². The standard InChI is InChI=1S/C13H18FN3O4/c1-8(4-5-16(2)3)15-11-7-10(14)9(13(18)19)6-12(11)17(20)21/h6-8,15H,4-5H2,1-3H3,(H,18,19). The average molecular weight is 299 g/mol. The normalized spacial score (nSPS) is 12.2. The van der Waals surface area contributed by atoms with E-state index in [9.17, 15) is 19.3 Å². The van der Waals surface area contributed by atoms with Crippen LogP contribution in [0.25, 0.3) is 0 Å². The molecule has 0 heterocycles. The molecule has 0 aliphatic heterocycles. The zero-order valence-electron chi connectivity index (χ0n) is 12.1. The predicted octanol–water partition coefficient (Wildman–Crippen LogP) is 2.18. The van der Waals surface area contributed by atoms with Crippen LogP contribution in [0.4, 0.5) is 15.8 Å². The first-order chi connectivity index (χ1) is 9.72. The fraction of sp³-hybridized carbons (Fsp3) is 0.462. The highest BCUT2D eigenvalue weighted by Crippen LogP contribution is 2.28. The van der Waals surface area contributed by atoms with Gasteiger partial charge in [0, 0.05) is 18.2 Å². The maximum atomic E-state index is 13.7. The number of carboxylic acids is 1. The second-order valence-corrected chi connectivity index (χ2v) is 5.05. The highest BCUT2D eigenvalue weighted by Gasteiger charge is 2.22. The second kappa shape index (κ2) is 6.98. The van der Waals surface area contributed by atoms with Crippen LogP contribution in [0.5, 0.6) is 0 Å². The van der Waals surface area contributed by atoms with E-state index in [-0.39, 0.29) is 11.7 Å². The number of aromatic carboxylic acids is 1. The zero-order valence-corrected chi connectivity index (χ0v) is 12.1. The number of halogens is 1. The van der Waals surface area contributed by atoms with Gasteiger partial charge in [-0.3, -0.25) is 10.1 Å². The molecule has 1 atom stereocenters. The summed E-state index contributed by atoms with van der Waals surface area (Å²) in [4.78, 5) is 23.0. The molecule has 0 saturated carbocycles. The van der Waals surface area contributed by atoms with Gasteiger partial charge >= 0.3 is 5.97 Å². The summed E-state index contributed by atoms with van der Waals surface area (Å²) in [5, 5.41) is 22.7. The Morgan fingerprint density at radius 3 is 2.62 bits per heavy atom. The smallest absolute Gasteiger partial charge is 0.338 e. The molecule has 116 valence electrons. The van der Waals surface area contributed by atoms with Crippen molar-refractivity contribution in [2.24, 2.45) is 0 Å². The third kappa shape index (κ3) is 4.67. The van der Waals surface area contributed by atoms with Crippen molar-refractivity contribution in [3.05, 3.63) is 33.6 Å². The Morgan fingerprint density at radius 1 is 1.52 bits per heavy atom. The van der Waals surface area contributed by atoms with Gasteiger partial charge in [0.15, 0.2) is 0 Å². The number of nitrogens with one attached hydrogen (secondary N) is 1. The number of anilines is 1. The molecule has 1 aromatic rings. The minimum Gasteiger partial charge on any atom is -0.478 e. The summed E-state index contributed by atoms with van der Waals surface area (Å²) in [6.07, 6.45) is 0.701. The van der Waals surface area contributed by atoms with Gasteiger partial charge in [-0.05, 0) is 34.0 Å². The fourth-order valence-corrected chi connectivity index (χ4v) is 1.78. The lowest BCUT2D eigenvalue weighted by molar-refractivity contribution is -0.384. The summed E-state index contributed by atoms with van der Waals surface area (Å²) in [6, 6.07) is 1.47. The molecule has 2 N–H and O–H groups in total. The van der Waals surface area contributed by atoms with Crippen molar-refractivity contribution < 1.29 is 19.2 Å². The molecule has 0 aliphatic rings. The number of nitrogens with zero attached hydrogens (tertiary/aromatic N) is 2. The average Bonchev–Trinajstić information content (AvgIpc) is 2.35. The monoisotopic (exact) mass is 299 g/mol. The Hall–Kier alpha value is -2.22. The van der Waals surface area contributed by atoms with E-state index in [1.807, 2.05) is 25.9 Å². The van der Waals surface area contributed by atoms with Gasteiger partial charge in [-0.15, -0.1) is 0 Å². The molecule has 0 radical (unpaired) electrons. The van der Waals surface area contributed by atoms with Crippen LogP contribution in [-0.4, -0.2) is 47.6 Å². The summed E-state index contributed by atoms with van der Waals surface area (Å²) in [5.41, 5.74) is -1.19. The number of carbonyl (C=O) groups is 1. The number of benzene rings is 1. The molecule has 0 bridgehead atoms. The molecule has 0 aromatic heterocycles. The van der Waals surface area contributed by atoms with Gasteiger partial charge in [0.25, 0.3) is 5.69 Å². The molecule has 1 aromatic carbocycles. The van der Waals surface area contributed by atoms with Crippen LogP contribution < -0.4 is 5.32 Å². The lowest BCUT2D eigenvalue weighted by Crippen LogP contribution is -2.23. The summed E-state index contributed by atoms with van der Waals surface area (Å²) in [7, 11) is 3.80. The molecule has 1 unspecified atom stereocenters. The van der Waals surface area contributed by atoms with Crippen LogP contribution in [0, 0.1) is 15.9 Å². The number of nitro groups is 1. The van der Waals surface area contributed by atoms with Crippen LogP contribution in [0.1, 0.15) is 23.7 Å². The van der Waals surface area contributed by atoms with Crippen molar-refractivity contribution in [2.45, 2.75) is 19.4 Å². The highest BCUT2D eigenvalue weighted by atomic mass is 19.1. The van der Waals surface area contributed by atoms with Gasteiger partial charge in [0.1, 0.15) is 17.1 Å². The summed E-state index contributed by atoms with van der Waals surface area (Å²) in [5.74, 6) is -2.54. The Labute approximate surface area is 121 Å². The first kappa shape index (κ1) is 16.8. The Bertz CT molecular complexity index is 548. The van der Waals surface area contributed by atoms with Crippen LogP contribution in [0.2, 0.25) is 0 Å². The van der Waals surface area contributed by atoms with E-state index in [1.165, 1.54) is 0 Å². The SMILES string of the molecule is CC(CCN(C)C)Nc1cc(F)c(C(=O)O)cc1[N+](=O)[O-]. The summed E-state index contributed by atoms with van der Waals surface area (Å²) < 4.78 is 13.7. The quantitative estimate of drug-likeness (QED) is 0.592. The van der Waals surface area contributed by atoms with Gasteiger partial charge in [0.05, 0.1) is 4.92 Å². The van der Waals surface area contributed by atoms with Gasteiger partial charge in [0.2, 0.25) is 0 Å². The van der Waals surface area contributed by atoms with E-state index in [4.69, 9.17) is 5.11 Å². The second-order valence-electron chi connectivity index (χ2n) is 5.05. The fourth-order valence-electron chi connectivity index (χ4n) is 1.78.